The summed E-state index contributed by atoms with van der Waals surface area (Å²) >= 11 is 0. The molecule has 1 saturated carbocycles. The molecule has 0 spiro atoms. The van der Waals surface area contributed by atoms with Crippen LogP contribution in [0.25, 0.3) is 0 Å². The number of rotatable bonds is 10. The van der Waals surface area contributed by atoms with Gasteiger partial charge in [-0.3, -0.25) is 11.3 Å². The van der Waals surface area contributed by atoms with Crippen molar-refractivity contribution in [2.75, 3.05) is 7.11 Å². The van der Waals surface area contributed by atoms with Crippen molar-refractivity contribution in [2.24, 2.45) is 5.84 Å². The molecule has 3 heteroatoms. The van der Waals surface area contributed by atoms with Gasteiger partial charge in [-0.15, -0.1) is 0 Å². The lowest BCUT2D eigenvalue weighted by Gasteiger charge is -2.46. The number of nitrogens with one attached hydrogen (secondary N) is 1. The third kappa shape index (κ3) is 4.23. The first-order chi connectivity index (χ1) is 8.29. The highest BCUT2D eigenvalue weighted by Gasteiger charge is 2.43. The molecule has 0 radical (unpaired) electrons. The Morgan fingerprint density at radius 2 is 1.82 bits per heavy atom. The summed E-state index contributed by atoms with van der Waals surface area (Å²) in [7, 11) is 1.82. The molecule has 0 heterocycles. The Labute approximate surface area is 106 Å². The maximum absolute atomic E-state index is 5.68. The Hall–Kier alpha value is -0.120. The molecule has 102 valence electrons. The monoisotopic (exact) mass is 242 g/mol. The second-order valence-electron chi connectivity index (χ2n) is 5.40. The van der Waals surface area contributed by atoms with E-state index in [0.29, 0.717) is 6.04 Å². The van der Waals surface area contributed by atoms with E-state index in [4.69, 9.17) is 10.6 Å². The highest BCUT2D eigenvalue weighted by atomic mass is 16.5. The van der Waals surface area contributed by atoms with E-state index in [1.54, 1.807) is 0 Å². The van der Waals surface area contributed by atoms with Gasteiger partial charge in [0, 0.05) is 7.11 Å². The summed E-state index contributed by atoms with van der Waals surface area (Å²) in [4.78, 5) is 0. The van der Waals surface area contributed by atoms with Crippen LogP contribution in [0.5, 0.6) is 0 Å². The Balaban J connectivity index is 2.14. The van der Waals surface area contributed by atoms with Crippen LogP contribution in [-0.4, -0.2) is 18.8 Å². The van der Waals surface area contributed by atoms with Gasteiger partial charge in [-0.05, 0) is 25.7 Å². The second kappa shape index (κ2) is 8.06. The minimum absolute atomic E-state index is 0.0398. The molecule has 1 rings (SSSR count). The third-order valence-corrected chi connectivity index (χ3v) is 4.29. The molecule has 0 bridgehead atoms. The number of hydrogen-bond acceptors (Lipinski definition) is 3. The first kappa shape index (κ1) is 14.9. The molecule has 1 aliphatic rings. The molecule has 0 aromatic carbocycles. The normalized spacial score (nSPS) is 19.9. The van der Waals surface area contributed by atoms with E-state index >= 15 is 0 Å². The lowest BCUT2D eigenvalue weighted by molar-refractivity contribution is -0.100. The minimum atomic E-state index is 0.0398. The van der Waals surface area contributed by atoms with Crippen LogP contribution in [0.4, 0.5) is 0 Å². The molecule has 0 aromatic heterocycles. The molecule has 17 heavy (non-hydrogen) atoms. The first-order valence-corrected chi connectivity index (χ1v) is 7.30. The predicted octanol–water partition coefficient (Wildman–Crippen LogP) is 3.14. The van der Waals surface area contributed by atoms with Crippen LogP contribution in [0.3, 0.4) is 0 Å². The molecule has 1 atom stereocenters. The zero-order chi connectivity index (χ0) is 12.6. The van der Waals surface area contributed by atoms with Crippen LogP contribution < -0.4 is 11.3 Å². The third-order valence-electron chi connectivity index (χ3n) is 4.29. The summed E-state index contributed by atoms with van der Waals surface area (Å²) in [5.41, 5.74) is 3.01. The largest absolute Gasteiger partial charge is 0.377 e. The summed E-state index contributed by atoms with van der Waals surface area (Å²) in [5.74, 6) is 5.68. The van der Waals surface area contributed by atoms with Crippen LogP contribution in [0.15, 0.2) is 0 Å². The Kier molecular flexibility index (Phi) is 7.09. The number of methoxy groups -OCH3 is 1. The van der Waals surface area contributed by atoms with Crippen LogP contribution in [-0.2, 0) is 4.74 Å². The van der Waals surface area contributed by atoms with Gasteiger partial charge in [0.15, 0.2) is 0 Å². The summed E-state index contributed by atoms with van der Waals surface area (Å²) in [5, 5.41) is 0. The van der Waals surface area contributed by atoms with Gasteiger partial charge in [-0.25, -0.2) is 0 Å². The molecule has 0 amide bonds. The van der Waals surface area contributed by atoms with Crippen molar-refractivity contribution in [1.82, 2.24) is 5.43 Å². The number of hydrogen-bond donors (Lipinski definition) is 2. The highest BCUT2D eigenvalue weighted by Crippen LogP contribution is 2.39. The lowest BCUT2D eigenvalue weighted by Crippen LogP contribution is -2.58. The van der Waals surface area contributed by atoms with Gasteiger partial charge in [0.2, 0.25) is 0 Å². The Morgan fingerprint density at radius 3 is 2.29 bits per heavy atom. The van der Waals surface area contributed by atoms with E-state index in [-0.39, 0.29) is 5.60 Å². The molecule has 3 N–H and O–H groups in total. The van der Waals surface area contributed by atoms with Gasteiger partial charge >= 0.3 is 0 Å². The van der Waals surface area contributed by atoms with E-state index < -0.39 is 0 Å². The SMILES string of the molecule is CCCCCCCCC(NN)C1(OC)CCC1. The van der Waals surface area contributed by atoms with Crippen molar-refractivity contribution >= 4 is 0 Å². The number of ether oxygens (including phenoxy) is 1. The predicted molar refractivity (Wildman–Crippen MR) is 72.7 cm³/mol. The van der Waals surface area contributed by atoms with Crippen molar-refractivity contribution in [3.63, 3.8) is 0 Å². The average molecular weight is 242 g/mol. The van der Waals surface area contributed by atoms with Gasteiger partial charge in [0.1, 0.15) is 0 Å². The smallest absolute Gasteiger partial charge is 0.0844 e. The quantitative estimate of drug-likeness (QED) is 0.351. The molecule has 1 aliphatic carbocycles. The Morgan fingerprint density at radius 1 is 1.18 bits per heavy atom. The fourth-order valence-corrected chi connectivity index (χ4v) is 2.85. The van der Waals surface area contributed by atoms with E-state index in [1.165, 1.54) is 44.9 Å². The molecule has 3 nitrogen and oxygen atoms in total. The first-order valence-electron chi connectivity index (χ1n) is 7.30. The van der Waals surface area contributed by atoms with Crippen molar-refractivity contribution in [3.05, 3.63) is 0 Å². The van der Waals surface area contributed by atoms with E-state index in [9.17, 15) is 0 Å². The van der Waals surface area contributed by atoms with Crippen molar-refractivity contribution in [1.29, 1.82) is 0 Å². The van der Waals surface area contributed by atoms with Crippen molar-refractivity contribution < 1.29 is 4.74 Å². The Bertz CT molecular complexity index is 187. The number of unbranched alkanes of at least 4 members (excludes halogenated alkanes) is 5. The molecule has 0 saturated heterocycles. The maximum Gasteiger partial charge on any atom is 0.0844 e. The summed E-state index contributed by atoms with van der Waals surface area (Å²) < 4.78 is 5.68. The van der Waals surface area contributed by atoms with Crippen LogP contribution in [0.2, 0.25) is 0 Å². The zero-order valence-corrected chi connectivity index (χ0v) is 11.6. The summed E-state index contributed by atoms with van der Waals surface area (Å²) in [6.45, 7) is 2.26. The van der Waals surface area contributed by atoms with Crippen LogP contribution in [0, 0.1) is 0 Å². The van der Waals surface area contributed by atoms with Gasteiger partial charge in [0.25, 0.3) is 0 Å². The van der Waals surface area contributed by atoms with Gasteiger partial charge in [-0.2, -0.15) is 0 Å². The molecule has 0 aliphatic heterocycles. The fraction of sp³-hybridized carbons (Fsp3) is 1.00. The molecule has 0 aromatic rings. The van der Waals surface area contributed by atoms with Gasteiger partial charge < -0.3 is 4.74 Å². The fourth-order valence-electron chi connectivity index (χ4n) is 2.85. The molecular formula is C14H30N2O. The van der Waals surface area contributed by atoms with Crippen LogP contribution in [0.1, 0.15) is 71.1 Å². The van der Waals surface area contributed by atoms with Crippen molar-refractivity contribution in [2.45, 2.75) is 82.8 Å². The van der Waals surface area contributed by atoms with Crippen molar-refractivity contribution in [3.8, 4) is 0 Å². The highest BCUT2D eigenvalue weighted by molar-refractivity contribution is 4.98. The number of nitrogens with two attached hydrogens (primary N) is 1. The van der Waals surface area contributed by atoms with E-state index in [2.05, 4.69) is 12.3 Å². The zero-order valence-electron chi connectivity index (χ0n) is 11.6. The molecular weight excluding hydrogens is 212 g/mol. The molecule has 1 fully saturated rings. The number of hydrazine groups is 1. The second-order valence-corrected chi connectivity index (χ2v) is 5.40. The maximum atomic E-state index is 5.68. The summed E-state index contributed by atoms with van der Waals surface area (Å²) in [6.07, 6.45) is 12.8. The van der Waals surface area contributed by atoms with E-state index in [0.717, 1.165) is 19.3 Å². The minimum Gasteiger partial charge on any atom is -0.377 e. The van der Waals surface area contributed by atoms with E-state index in [1.807, 2.05) is 7.11 Å². The summed E-state index contributed by atoms with van der Waals surface area (Å²) in [6, 6.07) is 0.340. The van der Waals surface area contributed by atoms with Crippen LogP contribution >= 0.6 is 0 Å². The van der Waals surface area contributed by atoms with Gasteiger partial charge in [0.05, 0.1) is 11.6 Å². The lowest BCUT2D eigenvalue weighted by atomic mass is 9.73. The van der Waals surface area contributed by atoms with Gasteiger partial charge in [-0.1, -0.05) is 45.4 Å². The molecule has 1 unspecified atom stereocenters. The standard InChI is InChI=1S/C14H30N2O/c1-3-4-5-6-7-8-10-13(16-15)14(17-2)11-9-12-14/h13,16H,3-12,15H2,1-2H3. The topological polar surface area (TPSA) is 47.3 Å². The average Bonchev–Trinajstić information content (AvgIpc) is 2.30.